The summed E-state index contributed by atoms with van der Waals surface area (Å²) in [4.78, 5) is 42.1. The van der Waals surface area contributed by atoms with E-state index in [0.717, 1.165) is 23.3 Å². The zero-order chi connectivity index (χ0) is 17.3. The molecule has 128 valence electrons. The van der Waals surface area contributed by atoms with E-state index in [1.165, 1.54) is 0 Å². The van der Waals surface area contributed by atoms with Crippen LogP contribution in [0.3, 0.4) is 0 Å². The van der Waals surface area contributed by atoms with E-state index in [0.29, 0.717) is 24.6 Å². The van der Waals surface area contributed by atoms with E-state index < -0.39 is 17.5 Å². The second-order valence-electron chi connectivity index (χ2n) is 6.86. The van der Waals surface area contributed by atoms with Crippen LogP contribution in [0.4, 0.5) is 10.6 Å². The topological polar surface area (TPSA) is 91.4 Å². The van der Waals surface area contributed by atoms with Gasteiger partial charge in [-0.2, -0.15) is 0 Å². The molecule has 1 saturated heterocycles. The minimum atomic E-state index is -0.814. The summed E-state index contributed by atoms with van der Waals surface area (Å²) in [5, 5.41) is 5.42. The fraction of sp³-hybridized carbons (Fsp3) is 0.529. The number of hydrogen-bond acceptors (Lipinski definition) is 4. The zero-order valence-electron chi connectivity index (χ0n) is 14.0. The molecule has 0 aromatic carbocycles. The van der Waals surface area contributed by atoms with E-state index in [1.54, 1.807) is 12.3 Å². The molecule has 1 aliphatic heterocycles. The first kappa shape index (κ1) is 16.4. The smallest absolute Gasteiger partial charge is 0.323 e. The molecule has 2 heterocycles. The predicted octanol–water partition coefficient (Wildman–Crippen LogP) is 1.83. The molecule has 7 nitrogen and oxygen atoms in total. The molecule has 7 heteroatoms. The number of imide groups is 1. The van der Waals surface area contributed by atoms with Crippen molar-refractivity contribution in [1.82, 2.24) is 15.2 Å². The highest BCUT2D eigenvalue weighted by Gasteiger charge is 2.52. The fourth-order valence-corrected chi connectivity index (χ4v) is 3.28. The second kappa shape index (κ2) is 6.22. The predicted molar refractivity (Wildman–Crippen MR) is 88.2 cm³/mol. The largest absolute Gasteiger partial charge is 0.325 e. The van der Waals surface area contributed by atoms with Crippen LogP contribution in [0.2, 0.25) is 0 Å². The van der Waals surface area contributed by atoms with E-state index in [2.05, 4.69) is 22.5 Å². The van der Waals surface area contributed by atoms with E-state index in [4.69, 9.17) is 0 Å². The molecule has 1 aromatic heterocycles. The van der Waals surface area contributed by atoms with Gasteiger partial charge in [-0.15, -0.1) is 0 Å². The molecular formula is C17H22N4O3. The first-order valence-electron chi connectivity index (χ1n) is 8.26. The lowest BCUT2D eigenvalue weighted by atomic mass is 9.77. The first-order chi connectivity index (χ1) is 11.4. The minimum Gasteiger partial charge on any atom is -0.323 e. The van der Waals surface area contributed by atoms with Crippen LogP contribution >= 0.6 is 0 Å². The van der Waals surface area contributed by atoms with Gasteiger partial charge in [0.25, 0.3) is 5.91 Å². The lowest BCUT2D eigenvalue weighted by Gasteiger charge is -2.33. The molecule has 2 fully saturated rings. The molecule has 1 spiro atoms. The molecule has 0 atom stereocenters. The Balaban J connectivity index is 1.64. The van der Waals surface area contributed by atoms with Crippen LogP contribution in [-0.4, -0.2) is 39.8 Å². The van der Waals surface area contributed by atoms with Gasteiger partial charge in [0.05, 0.1) is 0 Å². The lowest BCUT2D eigenvalue weighted by molar-refractivity contribution is -0.135. The molecule has 4 amide bonds. The van der Waals surface area contributed by atoms with Crippen LogP contribution in [0, 0.1) is 12.8 Å². The molecule has 0 bridgehead atoms. The molecule has 1 aliphatic carbocycles. The van der Waals surface area contributed by atoms with Gasteiger partial charge in [-0.05, 0) is 50.2 Å². The van der Waals surface area contributed by atoms with Crippen LogP contribution in [0.5, 0.6) is 0 Å². The van der Waals surface area contributed by atoms with Crippen molar-refractivity contribution in [2.24, 2.45) is 5.92 Å². The van der Waals surface area contributed by atoms with Gasteiger partial charge in [0, 0.05) is 6.20 Å². The minimum absolute atomic E-state index is 0.286. The monoisotopic (exact) mass is 330 g/mol. The molecule has 1 saturated carbocycles. The van der Waals surface area contributed by atoms with E-state index in [9.17, 15) is 14.4 Å². The van der Waals surface area contributed by atoms with Gasteiger partial charge in [-0.1, -0.05) is 13.0 Å². The number of nitrogens with zero attached hydrogens (tertiary/aromatic N) is 2. The zero-order valence-corrected chi connectivity index (χ0v) is 14.0. The van der Waals surface area contributed by atoms with Crippen LogP contribution in [-0.2, 0) is 9.59 Å². The Bertz CT molecular complexity index is 663. The number of aryl methyl sites for hydroxylation is 1. The van der Waals surface area contributed by atoms with Crippen molar-refractivity contribution in [1.29, 1.82) is 0 Å². The van der Waals surface area contributed by atoms with Crippen molar-refractivity contribution < 1.29 is 14.4 Å². The van der Waals surface area contributed by atoms with Crippen molar-refractivity contribution in [3.05, 3.63) is 23.9 Å². The summed E-state index contributed by atoms with van der Waals surface area (Å²) in [6.45, 7) is 3.75. The number of aromatic nitrogens is 1. The van der Waals surface area contributed by atoms with E-state index >= 15 is 0 Å². The third-order valence-corrected chi connectivity index (χ3v) is 4.85. The maximum Gasteiger partial charge on any atom is 0.325 e. The Morgan fingerprint density at radius 2 is 2.08 bits per heavy atom. The van der Waals surface area contributed by atoms with Gasteiger partial charge in [0.15, 0.2) is 0 Å². The summed E-state index contributed by atoms with van der Waals surface area (Å²) in [7, 11) is 0. The molecule has 0 unspecified atom stereocenters. The summed E-state index contributed by atoms with van der Waals surface area (Å²) in [6, 6.07) is 3.03. The summed E-state index contributed by atoms with van der Waals surface area (Å²) < 4.78 is 0. The highest BCUT2D eigenvalue weighted by Crippen LogP contribution is 2.36. The summed E-state index contributed by atoms with van der Waals surface area (Å²) in [6.07, 6.45) is 4.72. The van der Waals surface area contributed by atoms with E-state index in [1.807, 2.05) is 13.0 Å². The Hall–Kier alpha value is -2.44. The maximum absolute atomic E-state index is 12.7. The number of nitrogens with one attached hydrogen (secondary N) is 2. The molecule has 2 N–H and O–H groups in total. The normalized spacial score (nSPS) is 26.6. The lowest BCUT2D eigenvalue weighted by Crippen LogP contribution is -2.49. The Labute approximate surface area is 140 Å². The number of amides is 4. The Morgan fingerprint density at radius 1 is 1.38 bits per heavy atom. The first-order valence-corrected chi connectivity index (χ1v) is 8.26. The molecule has 24 heavy (non-hydrogen) atoms. The molecule has 1 aromatic rings. The summed E-state index contributed by atoms with van der Waals surface area (Å²) in [5.41, 5.74) is 0.168. The highest BCUT2D eigenvalue weighted by molar-refractivity contribution is 6.10. The fourth-order valence-electron chi connectivity index (χ4n) is 3.28. The molecule has 0 radical (unpaired) electrons. The molecular weight excluding hydrogens is 308 g/mol. The Morgan fingerprint density at radius 3 is 2.71 bits per heavy atom. The highest BCUT2D eigenvalue weighted by atomic mass is 16.2. The van der Waals surface area contributed by atoms with Crippen molar-refractivity contribution in [2.75, 3.05) is 11.9 Å². The molecule has 3 rings (SSSR count). The van der Waals surface area contributed by atoms with Gasteiger partial charge in [0.1, 0.15) is 17.9 Å². The number of urea groups is 1. The maximum atomic E-state index is 12.7. The third kappa shape index (κ3) is 3.11. The number of carbonyl (C=O) groups is 3. The van der Waals surface area contributed by atoms with Gasteiger partial charge < -0.3 is 10.6 Å². The number of pyridine rings is 1. The van der Waals surface area contributed by atoms with Crippen LogP contribution in [0.15, 0.2) is 18.3 Å². The molecule has 2 aliphatic rings. The van der Waals surface area contributed by atoms with Crippen molar-refractivity contribution in [3.8, 4) is 0 Å². The van der Waals surface area contributed by atoms with Gasteiger partial charge in [0.2, 0.25) is 5.91 Å². The SMILES string of the molecule is Cc1ccc(NC(=O)CN2C(=O)NC3(CCC(C)CC3)C2=O)nc1. The average molecular weight is 330 g/mol. The number of hydrogen-bond donors (Lipinski definition) is 2. The van der Waals surface area contributed by atoms with E-state index in [-0.39, 0.29) is 12.5 Å². The Kier molecular flexibility index (Phi) is 4.26. The average Bonchev–Trinajstić information content (AvgIpc) is 2.77. The summed E-state index contributed by atoms with van der Waals surface area (Å²) >= 11 is 0. The van der Waals surface area contributed by atoms with Crippen LogP contribution in [0.25, 0.3) is 0 Å². The van der Waals surface area contributed by atoms with Crippen molar-refractivity contribution in [3.63, 3.8) is 0 Å². The van der Waals surface area contributed by atoms with Gasteiger partial charge >= 0.3 is 6.03 Å². The van der Waals surface area contributed by atoms with Crippen LogP contribution < -0.4 is 10.6 Å². The number of carbonyl (C=O) groups excluding carboxylic acids is 3. The number of rotatable bonds is 3. The van der Waals surface area contributed by atoms with Crippen LogP contribution in [0.1, 0.15) is 38.2 Å². The quantitative estimate of drug-likeness (QED) is 0.827. The number of anilines is 1. The second-order valence-corrected chi connectivity index (χ2v) is 6.86. The third-order valence-electron chi connectivity index (χ3n) is 4.85. The van der Waals surface area contributed by atoms with Crippen molar-refractivity contribution >= 4 is 23.7 Å². The van der Waals surface area contributed by atoms with Crippen molar-refractivity contribution in [2.45, 2.75) is 45.1 Å². The van der Waals surface area contributed by atoms with Gasteiger partial charge in [-0.25, -0.2) is 9.78 Å². The summed E-state index contributed by atoms with van der Waals surface area (Å²) in [5.74, 6) is 0.242. The van der Waals surface area contributed by atoms with Gasteiger partial charge in [-0.3, -0.25) is 14.5 Å². The standard InChI is InChI=1S/C17H22N4O3/c1-11-5-7-17(8-6-11)15(23)21(16(24)20-17)10-14(22)19-13-4-3-12(2)9-18-13/h3-4,9,11H,5-8,10H2,1-2H3,(H,20,24)(H,18,19,22).